The van der Waals surface area contributed by atoms with Gasteiger partial charge in [0.1, 0.15) is 12.6 Å². The number of fused-ring (bicyclic) bond motifs is 2. The van der Waals surface area contributed by atoms with Crippen molar-refractivity contribution in [1.82, 2.24) is 4.90 Å². The number of nitrogens with zero attached hydrogens (tertiary/aromatic N) is 3. The molecule has 4 heterocycles. The lowest BCUT2D eigenvalue weighted by molar-refractivity contribution is -0.152. The summed E-state index contributed by atoms with van der Waals surface area (Å²) < 4.78 is 4.51. The van der Waals surface area contributed by atoms with Crippen molar-refractivity contribution >= 4 is 40.9 Å². The van der Waals surface area contributed by atoms with Gasteiger partial charge in [0.05, 0.1) is 29.2 Å². The van der Waals surface area contributed by atoms with Crippen LogP contribution in [0.4, 0.5) is 11.4 Å². The Morgan fingerprint density at radius 1 is 1.11 bits per heavy atom. The maximum Gasteiger partial charge on any atom is 0.311 e. The standard InChI is InChI=1S/C29H37N3O5S/c1-5-30(6-2)19-10-12-20(13-11-19)31-15-8-14-29-24(23-22(38-29)9-7-16-37-28(23)36)26(34)32(25(29)27(31)35)21(17-33)18(3)4/h7-14,18,21-25,33H,5-6,15-17H2,1-4H3/t21-,22+,23-,24-,25?,29-/m0/s1. The monoisotopic (exact) mass is 539 g/mol. The van der Waals surface area contributed by atoms with Crippen LogP contribution in [0.15, 0.2) is 48.6 Å². The first-order valence-electron chi connectivity index (χ1n) is 13.6. The smallest absolute Gasteiger partial charge is 0.311 e. The molecule has 2 saturated heterocycles. The second-order valence-corrected chi connectivity index (χ2v) is 12.2. The number of amides is 2. The van der Waals surface area contributed by atoms with Crippen LogP contribution in [0.25, 0.3) is 0 Å². The van der Waals surface area contributed by atoms with Gasteiger partial charge in [-0.15, -0.1) is 11.8 Å². The van der Waals surface area contributed by atoms with Crippen LogP contribution in [0.2, 0.25) is 0 Å². The number of aliphatic hydroxyl groups excluding tert-OH is 1. The summed E-state index contributed by atoms with van der Waals surface area (Å²) in [7, 11) is 0. The Bertz CT molecular complexity index is 1150. The highest BCUT2D eigenvalue weighted by Gasteiger charge is 2.72. The fourth-order valence-corrected chi connectivity index (χ4v) is 8.54. The van der Waals surface area contributed by atoms with Crippen molar-refractivity contribution in [2.75, 3.05) is 42.6 Å². The third kappa shape index (κ3) is 4.06. The van der Waals surface area contributed by atoms with Crippen molar-refractivity contribution < 1.29 is 24.2 Å². The quantitative estimate of drug-likeness (QED) is 0.421. The molecule has 204 valence electrons. The molecule has 5 rings (SSSR count). The van der Waals surface area contributed by atoms with E-state index in [4.69, 9.17) is 4.74 Å². The highest BCUT2D eigenvalue weighted by molar-refractivity contribution is 8.02. The van der Waals surface area contributed by atoms with Crippen LogP contribution in [0.3, 0.4) is 0 Å². The van der Waals surface area contributed by atoms with Crippen LogP contribution in [0.1, 0.15) is 27.7 Å². The van der Waals surface area contributed by atoms with Gasteiger partial charge in [0.2, 0.25) is 5.91 Å². The van der Waals surface area contributed by atoms with E-state index in [1.807, 2.05) is 62.4 Å². The number of likely N-dealkylation sites (tertiary alicyclic amines) is 1. The minimum Gasteiger partial charge on any atom is -0.461 e. The Morgan fingerprint density at radius 2 is 1.82 bits per heavy atom. The number of aliphatic hydroxyl groups is 1. The van der Waals surface area contributed by atoms with Gasteiger partial charge in [-0.1, -0.05) is 38.2 Å². The SMILES string of the molecule is CCN(CC)c1ccc(N2CC=C[C@]34S[C@@H]5C=CCOC(=O)[C@@H]5[C@H]3C(=O)N([C@@H](CO)C(C)C)C4C2=O)cc1. The van der Waals surface area contributed by atoms with E-state index in [2.05, 4.69) is 18.7 Å². The number of ether oxygens (including phenoxy) is 1. The first-order valence-corrected chi connectivity index (χ1v) is 14.4. The average molecular weight is 540 g/mol. The largest absolute Gasteiger partial charge is 0.461 e. The third-order valence-electron chi connectivity index (χ3n) is 8.46. The van der Waals surface area contributed by atoms with E-state index in [1.165, 1.54) is 11.8 Å². The number of hydrogen-bond donors (Lipinski definition) is 1. The van der Waals surface area contributed by atoms with Gasteiger partial charge in [0.25, 0.3) is 5.91 Å². The molecular weight excluding hydrogens is 502 g/mol. The van der Waals surface area contributed by atoms with Crippen LogP contribution in [0, 0.1) is 17.8 Å². The van der Waals surface area contributed by atoms with E-state index in [0.29, 0.717) is 6.54 Å². The molecule has 0 aromatic heterocycles. The molecule has 4 aliphatic rings. The van der Waals surface area contributed by atoms with Crippen LogP contribution < -0.4 is 9.80 Å². The van der Waals surface area contributed by atoms with Crippen molar-refractivity contribution in [3.05, 3.63) is 48.6 Å². The lowest BCUT2D eigenvalue weighted by atomic mass is 9.78. The maximum atomic E-state index is 14.5. The van der Waals surface area contributed by atoms with Gasteiger partial charge in [-0.05, 0) is 44.0 Å². The number of benzene rings is 1. The van der Waals surface area contributed by atoms with Gasteiger partial charge >= 0.3 is 5.97 Å². The second kappa shape index (κ2) is 10.4. The minimum atomic E-state index is -0.928. The predicted octanol–water partition coefficient (Wildman–Crippen LogP) is 2.86. The highest BCUT2D eigenvalue weighted by atomic mass is 32.2. The number of thioether (sulfide) groups is 1. The zero-order chi connectivity index (χ0) is 27.2. The van der Waals surface area contributed by atoms with E-state index < -0.39 is 34.6 Å². The molecule has 1 aromatic rings. The van der Waals surface area contributed by atoms with Crippen molar-refractivity contribution in [2.24, 2.45) is 17.8 Å². The Kier molecular flexibility index (Phi) is 7.35. The van der Waals surface area contributed by atoms with Crippen LogP contribution >= 0.6 is 11.8 Å². The number of anilines is 2. The molecule has 8 nitrogen and oxygen atoms in total. The normalized spacial score (nSPS) is 31.1. The molecule has 4 aliphatic heterocycles. The minimum absolute atomic E-state index is 0.0801. The molecule has 0 bridgehead atoms. The molecule has 1 spiro atoms. The lowest BCUT2D eigenvalue weighted by Gasteiger charge is -2.39. The van der Waals surface area contributed by atoms with Crippen molar-refractivity contribution in [2.45, 2.75) is 49.8 Å². The Balaban J connectivity index is 1.59. The summed E-state index contributed by atoms with van der Waals surface area (Å²) in [4.78, 5) is 47.4. The van der Waals surface area contributed by atoms with E-state index in [0.717, 1.165) is 24.5 Å². The summed E-state index contributed by atoms with van der Waals surface area (Å²) in [6.07, 6.45) is 7.70. The van der Waals surface area contributed by atoms with Crippen molar-refractivity contribution in [3.63, 3.8) is 0 Å². The predicted molar refractivity (Wildman–Crippen MR) is 149 cm³/mol. The fraction of sp³-hybridized carbons (Fsp3) is 0.552. The van der Waals surface area contributed by atoms with Gasteiger partial charge in [-0.2, -0.15) is 0 Å². The van der Waals surface area contributed by atoms with Crippen LogP contribution in [-0.2, 0) is 19.1 Å². The summed E-state index contributed by atoms with van der Waals surface area (Å²) in [5, 5.41) is 10.1. The number of carbonyl (C=O) groups is 3. The van der Waals surface area contributed by atoms with Gasteiger partial charge in [0, 0.05) is 36.3 Å². The maximum absolute atomic E-state index is 14.5. The topological polar surface area (TPSA) is 90.4 Å². The molecule has 6 atom stereocenters. The highest BCUT2D eigenvalue weighted by Crippen LogP contribution is 2.61. The molecule has 1 N–H and O–H groups in total. The number of hydrogen-bond acceptors (Lipinski definition) is 7. The number of esters is 1. The number of cyclic esters (lactones) is 1. The molecule has 0 saturated carbocycles. The van der Waals surface area contributed by atoms with Crippen molar-refractivity contribution in [3.8, 4) is 0 Å². The van der Waals surface area contributed by atoms with E-state index in [1.54, 1.807) is 9.80 Å². The summed E-state index contributed by atoms with van der Waals surface area (Å²) in [6, 6.07) is 6.55. The van der Waals surface area contributed by atoms with Gasteiger partial charge in [0.15, 0.2) is 0 Å². The summed E-state index contributed by atoms with van der Waals surface area (Å²) >= 11 is 1.51. The number of carbonyl (C=O) groups excluding carboxylic acids is 3. The molecule has 2 fully saturated rings. The molecule has 0 radical (unpaired) electrons. The molecule has 0 aliphatic carbocycles. The average Bonchev–Trinajstić information content (AvgIpc) is 3.20. The first-order chi connectivity index (χ1) is 18.3. The summed E-state index contributed by atoms with van der Waals surface area (Å²) in [5.74, 6) is -2.35. The van der Waals surface area contributed by atoms with E-state index in [-0.39, 0.29) is 36.2 Å². The van der Waals surface area contributed by atoms with Gasteiger partial charge in [-0.3, -0.25) is 14.4 Å². The zero-order valence-electron chi connectivity index (χ0n) is 22.4. The third-order valence-corrected chi connectivity index (χ3v) is 10.2. The van der Waals surface area contributed by atoms with E-state index >= 15 is 0 Å². The Labute approximate surface area is 228 Å². The fourth-order valence-electron chi connectivity index (χ4n) is 6.55. The van der Waals surface area contributed by atoms with Crippen LogP contribution in [0.5, 0.6) is 0 Å². The first kappa shape index (κ1) is 26.8. The molecule has 2 amide bonds. The lowest BCUT2D eigenvalue weighted by Crippen LogP contribution is -2.57. The molecule has 9 heteroatoms. The van der Waals surface area contributed by atoms with Crippen LogP contribution in [-0.4, -0.2) is 82.7 Å². The van der Waals surface area contributed by atoms with Gasteiger partial charge in [-0.25, -0.2) is 0 Å². The Morgan fingerprint density at radius 3 is 2.45 bits per heavy atom. The molecule has 1 aromatic carbocycles. The molecule has 38 heavy (non-hydrogen) atoms. The van der Waals surface area contributed by atoms with Gasteiger partial charge < -0.3 is 24.5 Å². The summed E-state index contributed by atoms with van der Waals surface area (Å²) in [6.45, 7) is 10.2. The Hall–Kier alpha value is -2.78. The van der Waals surface area contributed by atoms with E-state index in [9.17, 15) is 19.5 Å². The van der Waals surface area contributed by atoms with Crippen molar-refractivity contribution in [1.29, 1.82) is 0 Å². The molecule has 1 unspecified atom stereocenters. The molecular formula is C29H37N3O5S. The second-order valence-electron chi connectivity index (χ2n) is 10.7. The number of rotatable bonds is 7. The summed E-state index contributed by atoms with van der Waals surface area (Å²) in [5.41, 5.74) is 1.84. The zero-order valence-corrected chi connectivity index (χ0v) is 23.3.